The minimum atomic E-state index is -0.380. The lowest BCUT2D eigenvalue weighted by molar-refractivity contribution is -0.0563. The number of nitrogens with zero attached hydrogens (tertiary/aromatic N) is 1. The van der Waals surface area contributed by atoms with Crippen LogP contribution >= 0.6 is 11.8 Å². The van der Waals surface area contributed by atoms with Gasteiger partial charge in [-0.25, -0.2) is 0 Å². The molecule has 1 rings (SSSR count). The maximum absolute atomic E-state index is 9.87. The fourth-order valence-electron chi connectivity index (χ4n) is 1.75. The summed E-state index contributed by atoms with van der Waals surface area (Å²) >= 11 is 2.00. The number of hydrogen-bond donors (Lipinski definition) is 1. The third kappa shape index (κ3) is 5.53. The van der Waals surface area contributed by atoms with Crippen molar-refractivity contribution < 1.29 is 9.84 Å². The van der Waals surface area contributed by atoms with E-state index in [2.05, 4.69) is 11.9 Å². The molecule has 0 saturated carbocycles. The Morgan fingerprint density at radius 3 is 2.69 bits per heavy atom. The van der Waals surface area contributed by atoms with Crippen molar-refractivity contribution in [3.8, 4) is 0 Å². The van der Waals surface area contributed by atoms with Crippen LogP contribution in [0.25, 0.3) is 0 Å². The number of thioether (sulfide) groups is 1. The highest BCUT2D eigenvalue weighted by Gasteiger charge is 2.22. The molecule has 0 amide bonds. The summed E-state index contributed by atoms with van der Waals surface area (Å²) in [4.78, 5) is 2.26. The van der Waals surface area contributed by atoms with E-state index in [1.54, 1.807) is 0 Å². The molecule has 0 spiro atoms. The second kappa shape index (κ2) is 6.24. The quantitative estimate of drug-likeness (QED) is 0.800. The molecule has 1 saturated heterocycles. The number of aliphatic hydroxyl groups is 1. The molecule has 96 valence electrons. The highest BCUT2D eigenvalue weighted by molar-refractivity contribution is 7.99. The molecule has 1 N–H and O–H groups in total. The summed E-state index contributed by atoms with van der Waals surface area (Å²) < 4.78 is 5.57. The van der Waals surface area contributed by atoms with Crippen LogP contribution in [0.15, 0.2) is 0 Å². The first-order valence-corrected chi connectivity index (χ1v) is 7.14. The molecule has 16 heavy (non-hydrogen) atoms. The molecule has 1 heterocycles. The fraction of sp³-hybridized carbons (Fsp3) is 1.00. The number of hydrogen-bond acceptors (Lipinski definition) is 4. The Bertz CT molecular complexity index is 200. The predicted molar refractivity (Wildman–Crippen MR) is 70.1 cm³/mol. The second-order valence-electron chi connectivity index (χ2n) is 5.53. The average molecular weight is 247 g/mol. The molecule has 3 nitrogen and oxygen atoms in total. The van der Waals surface area contributed by atoms with Crippen LogP contribution < -0.4 is 0 Å². The first kappa shape index (κ1) is 14.3. The highest BCUT2D eigenvalue weighted by atomic mass is 32.2. The first-order valence-electron chi connectivity index (χ1n) is 5.98. The molecule has 0 aliphatic carbocycles. The standard InChI is InChI=1S/C12H25NO2S/c1-12(2,3)15-8-11(14)7-13(4)10-5-6-16-9-10/h10-11,14H,5-9H2,1-4H3. The van der Waals surface area contributed by atoms with E-state index >= 15 is 0 Å². The summed E-state index contributed by atoms with van der Waals surface area (Å²) in [5.74, 6) is 2.45. The van der Waals surface area contributed by atoms with Crippen LogP contribution in [0.5, 0.6) is 0 Å². The van der Waals surface area contributed by atoms with E-state index in [9.17, 15) is 5.11 Å². The van der Waals surface area contributed by atoms with E-state index < -0.39 is 0 Å². The fourth-order valence-corrected chi connectivity index (χ4v) is 3.05. The van der Waals surface area contributed by atoms with Gasteiger partial charge in [-0.05, 0) is 40.0 Å². The number of rotatable bonds is 5. The van der Waals surface area contributed by atoms with Gasteiger partial charge in [0.15, 0.2) is 0 Å². The van der Waals surface area contributed by atoms with E-state index in [-0.39, 0.29) is 11.7 Å². The van der Waals surface area contributed by atoms with Gasteiger partial charge in [-0.2, -0.15) is 11.8 Å². The molecular formula is C12H25NO2S. The van der Waals surface area contributed by atoms with Crippen molar-refractivity contribution in [2.24, 2.45) is 0 Å². The topological polar surface area (TPSA) is 32.7 Å². The zero-order valence-electron chi connectivity index (χ0n) is 10.9. The van der Waals surface area contributed by atoms with E-state index in [1.165, 1.54) is 17.9 Å². The lowest BCUT2D eigenvalue weighted by atomic mass is 10.2. The lowest BCUT2D eigenvalue weighted by Crippen LogP contribution is -2.40. The summed E-state index contributed by atoms with van der Waals surface area (Å²) in [6.45, 7) is 7.17. The molecule has 0 bridgehead atoms. The number of aliphatic hydroxyl groups excluding tert-OH is 1. The monoisotopic (exact) mass is 247 g/mol. The lowest BCUT2D eigenvalue weighted by Gasteiger charge is -2.28. The molecule has 0 aromatic carbocycles. The van der Waals surface area contributed by atoms with Crippen molar-refractivity contribution in [2.75, 3.05) is 31.7 Å². The summed E-state index contributed by atoms with van der Waals surface area (Å²) in [5, 5.41) is 9.87. The SMILES string of the molecule is CN(CC(O)COC(C)(C)C)C1CCSC1. The molecule has 1 aliphatic heterocycles. The molecule has 2 atom stereocenters. The van der Waals surface area contributed by atoms with Gasteiger partial charge in [0.2, 0.25) is 0 Å². The summed E-state index contributed by atoms with van der Waals surface area (Å²) in [5.41, 5.74) is -0.164. The zero-order valence-corrected chi connectivity index (χ0v) is 11.7. The first-order chi connectivity index (χ1) is 7.38. The van der Waals surface area contributed by atoms with Gasteiger partial charge < -0.3 is 9.84 Å². The van der Waals surface area contributed by atoms with Crippen LogP contribution in [0.4, 0.5) is 0 Å². The van der Waals surface area contributed by atoms with E-state index in [4.69, 9.17) is 4.74 Å². The number of likely N-dealkylation sites (N-methyl/N-ethyl adjacent to an activating group) is 1. The summed E-state index contributed by atoms with van der Waals surface area (Å²) in [6, 6.07) is 0.634. The Labute approximate surface area is 104 Å². The molecule has 1 aliphatic rings. The predicted octanol–water partition coefficient (Wildman–Crippen LogP) is 1.60. The Hall–Kier alpha value is 0.230. The van der Waals surface area contributed by atoms with Crippen LogP contribution in [0.1, 0.15) is 27.2 Å². The zero-order chi connectivity index (χ0) is 12.2. The molecule has 2 unspecified atom stereocenters. The smallest absolute Gasteiger partial charge is 0.0900 e. The van der Waals surface area contributed by atoms with E-state index in [0.29, 0.717) is 19.2 Å². The third-order valence-corrected chi connectivity index (χ3v) is 3.88. The van der Waals surface area contributed by atoms with Gasteiger partial charge in [-0.3, -0.25) is 4.90 Å². The van der Waals surface area contributed by atoms with Crippen LogP contribution in [-0.2, 0) is 4.74 Å². The summed E-state index contributed by atoms with van der Waals surface area (Å²) in [6.07, 6.45) is 0.864. The summed E-state index contributed by atoms with van der Waals surface area (Å²) in [7, 11) is 2.09. The number of ether oxygens (including phenoxy) is 1. The highest BCUT2D eigenvalue weighted by Crippen LogP contribution is 2.21. The maximum Gasteiger partial charge on any atom is 0.0900 e. The normalized spacial score (nSPS) is 24.0. The molecule has 4 heteroatoms. The van der Waals surface area contributed by atoms with Crippen molar-refractivity contribution in [1.82, 2.24) is 4.90 Å². The van der Waals surface area contributed by atoms with Crippen LogP contribution in [0.2, 0.25) is 0 Å². The van der Waals surface area contributed by atoms with Crippen LogP contribution in [0.3, 0.4) is 0 Å². The molecule has 0 aromatic rings. The maximum atomic E-state index is 9.87. The van der Waals surface area contributed by atoms with Crippen LogP contribution in [-0.4, -0.2) is 59.5 Å². The van der Waals surface area contributed by atoms with Crippen LogP contribution in [0, 0.1) is 0 Å². The van der Waals surface area contributed by atoms with Crippen molar-refractivity contribution in [3.63, 3.8) is 0 Å². The van der Waals surface area contributed by atoms with Crippen molar-refractivity contribution >= 4 is 11.8 Å². The minimum Gasteiger partial charge on any atom is -0.389 e. The average Bonchev–Trinajstić information content (AvgIpc) is 2.66. The van der Waals surface area contributed by atoms with Gasteiger partial charge in [0.05, 0.1) is 18.3 Å². The van der Waals surface area contributed by atoms with Crippen molar-refractivity contribution in [2.45, 2.75) is 44.9 Å². The van der Waals surface area contributed by atoms with Crippen molar-refractivity contribution in [3.05, 3.63) is 0 Å². The van der Waals surface area contributed by atoms with E-state index in [0.717, 1.165) is 0 Å². The van der Waals surface area contributed by atoms with Gasteiger partial charge >= 0.3 is 0 Å². The largest absolute Gasteiger partial charge is 0.389 e. The molecule has 1 fully saturated rings. The van der Waals surface area contributed by atoms with Crippen molar-refractivity contribution in [1.29, 1.82) is 0 Å². The molecular weight excluding hydrogens is 222 g/mol. The Kier molecular flexibility index (Phi) is 5.57. The molecule has 0 radical (unpaired) electrons. The molecule has 0 aromatic heterocycles. The Morgan fingerprint density at radius 2 is 2.19 bits per heavy atom. The van der Waals surface area contributed by atoms with E-state index in [1.807, 2.05) is 32.5 Å². The van der Waals surface area contributed by atoms with Gasteiger partial charge in [-0.1, -0.05) is 0 Å². The second-order valence-corrected chi connectivity index (χ2v) is 6.68. The van der Waals surface area contributed by atoms with Gasteiger partial charge in [-0.15, -0.1) is 0 Å². The Morgan fingerprint density at radius 1 is 1.50 bits per heavy atom. The van der Waals surface area contributed by atoms with Gasteiger partial charge in [0, 0.05) is 18.3 Å². The van der Waals surface area contributed by atoms with Gasteiger partial charge in [0.1, 0.15) is 0 Å². The minimum absolute atomic E-state index is 0.164. The van der Waals surface area contributed by atoms with Gasteiger partial charge in [0.25, 0.3) is 0 Å². The third-order valence-electron chi connectivity index (χ3n) is 2.74. The Balaban J connectivity index is 2.19.